The Morgan fingerprint density at radius 2 is 1.93 bits per heavy atom. The molecule has 3 aromatic rings. The summed E-state index contributed by atoms with van der Waals surface area (Å²) in [5.74, 6) is -0.00230. The number of likely N-dealkylation sites (tertiary alicyclic amines) is 2. The Bertz CT molecular complexity index is 1180. The van der Waals surface area contributed by atoms with Gasteiger partial charge in [0.2, 0.25) is 5.56 Å². The predicted octanol–water partition coefficient (Wildman–Crippen LogP) is 1.13. The maximum absolute atomic E-state index is 12.6. The molecule has 2 aromatic heterocycles. The highest BCUT2D eigenvalue weighted by Gasteiger charge is 2.43. The number of fused-ring (bicyclic) bond motifs is 2. The Labute approximate surface area is 166 Å². The number of rotatable bonds is 4. The van der Waals surface area contributed by atoms with E-state index in [0.717, 1.165) is 25.0 Å². The molecular weight excluding hydrogens is 372 g/mol. The number of pyridine rings is 1. The molecule has 4 heterocycles. The highest BCUT2D eigenvalue weighted by atomic mass is 16.4. The fraction of sp³-hybridized carbons (Fsp3) is 0.381. The molecule has 1 aromatic carbocycles. The summed E-state index contributed by atoms with van der Waals surface area (Å²) in [5.41, 5.74) is 1.53. The first-order valence-corrected chi connectivity index (χ1v) is 9.91. The maximum atomic E-state index is 12.6. The molecule has 29 heavy (non-hydrogen) atoms. The fourth-order valence-corrected chi connectivity index (χ4v) is 4.62. The van der Waals surface area contributed by atoms with Gasteiger partial charge in [-0.1, -0.05) is 18.2 Å². The standard InChI is InChI=1S/C21H22N4O4/c26-19-7-3-4-15(22-19)20(27)24-9-8-16-14(13-24)12-23(16)10-11-25-17-5-1-2-6-18(17)29-21(25)28/h1-7,14,16H,8-13H2,(H,22,26). The molecule has 1 amide bonds. The molecule has 0 saturated carbocycles. The summed E-state index contributed by atoms with van der Waals surface area (Å²) < 4.78 is 6.99. The molecular formula is C21H22N4O4. The van der Waals surface area contributed by atoms with Gasteiger partial charge in [-0.05, 0) is 24.6 Å². The molecule has 2 fully saturated rings. The van der Waals surface area contributed by atoms with Gasteiger partial charge in [0, 0.05) is 50.7 Å². The van der Waals surface area contributed by atoms with Gasteiger partial charge in [-0.15, -0.1) is 0 Å². The molecule has 0 bridgehead atoms. The molecule has 1 N–H and O–H groups in total. The number of H-pyrrole nitrogens is 1. The summed E-state index contributed by atoms with van der Waals surface area (Å²) in [4.78, 5) is 43.1. The Morgan fingerprint density at radius 1 is 1.07 bits per heavy atom. The Hall–Kier alpha value is -3.13. The zero-order valence-electron chi connectivity index (χ0n) is 15.9. The Morgan fingerprint density at radius 3 is 2.76 bits per heavy atom. The fourth-order valence-electron chi connectivity index (χ4n) is 4.62. The number of aromatic amines is 1. The van der Waals surface area contributed by atoms with Crippen LogP contribution in [0.3, 0.4) is 0 Å². The van der Waals surface area contributed by atoms with E-state index in [4.69, 9.17) is 4.42 Å². The molecule has 2 saturated heterocycles. The molecule has 2 aliphatic rings. The highest BCUT2D eigenvalue weighted by Crippen LogP contribution is 2.32. The van der Waals surface area contributed by atoms with Gasteiger partial charge in [-0.2, -0.15) is 0 Å². The van der Waals surface area contributed by atoms with Crippen LogP contribution in [0.15, 0.2) is 56.5 Å². The average Bonchev–Trinajstić information content (AvgIpc) is 3.03. The van der Waals surface area contributed by atoms with Gasteiger partial charge in [0.25, 0.3) is 5.91 Å². The van der Waals surface area contributed by atoms with Crippen LogP contribution in [-0.4, -0.2) is 57.5 Å². The summed E-state index contributed by atoms with van der Waals surface area (Å²) in [6.45, 7) is 3.65. The van der Waals surface area contributed by atoms with Crippen LogP contribution in [0.2, 0.25) is 0 Å². The van der Waals surface area contributed by atoms with Crippen molar-refractivity contribution in [2.45, 2.75) is 19.0 Å². The largest absolute Gasteiger partial charge is 0.419 e. The van der Waals surface area contributed by atoms with Gasteiger partial charge in [0.15, 0.2) is 5.58 Å². The number of para-hydroxylation sites is 2. The first kappa shape index (κ1) is 17.9. The van der Waals surface area contributed by atoms with Crippen molar-refractivity contribution in [3.05, 3.63) is 69.1 Å². The van der Waals surface area contributed by atoms with Gasteiger partial charge >= 0.3 is 5.76 Å². The lowest BCUT2D eigenvalue weighted by atomic mass is 9.82. The maximum Gasteiger partial charge on any atom is 0.419 e. The predicted molar refractivity (Wildman–Crippen MR) is 107 cm³/mol. The lowest BCUT2D eigenvalue weighted by Crippen LogP contribution is -2.64. The monoisotopic (exact) mass is 394 g/mol. The third kappa shape index (κ3) is 3.19. The van der Waals surface area contributed by atoms with Crippen LogP contribution in [-0.2, 0) is 6.54 Å². The molecule has 8 nitrogen and oxygen atoms in total. The molecule has 8 heteroatoms. The lowest BCUT2D eigenvalue weighted by Gasteiger charge is -2.53. The smallest absolute Gasteiger partial charge is 0.408 e. The van der Waals surface area contributed by atoms with Crippen LogP contribution in [0.5, 0.6) is 0 Å². The van der Waals surface area contributed by atoms with E-state index in [0.29, 0.717) is 42.9 Å². The normalized spacial score (nSPS) is 21.7. The van der Waals surface area contributed by atoms with E-state index in [1.807, 2.05) is 23.1 Å². The first-order chi connectivity index (χ1) is 14.1. The second kappa shape index (κ2) is 7.04. The summed E-state index contributed by atoms with van der Waals surface area (Å²) >= 11 is 0. The number of aromatic nitrogens is 2. The minimum absolute atomic E-state index is 0.115. The second-order valence-electron chi connectivity index (χ2n) is 7.78. The summed E-state index contributed by atoms with van der Waals surface area (Å²) in [5, 5.41) is 0. The van der Waals surface area contributed by atoms with Gasteiger partial charge in [0.1, 0.15) is 5.69 Å². The van der Waals surface area contributed by atoms with Gasteiger partial charge in [-0.3, -0.25) is 19.1 Å². The van der Waals surface area contributed by atoms with Crippen molar-refractivity contribution >= 4 is 17.0 Å². The van der Waals surface area contributed by atoms with Gasteiger partial charge < -0.3 is 14.3 Å². The molecule has 5 rings (SSSR count). The molecule has 2 atom stereocenters. The van der Waals surface area contributed by atoms with E-state index >= 15 is 0 Å². The number of piperidine rings is 1. The van der Waals surface area contributed by atoms with E-state index in [9.17, 15) is 14.4 Å². The van der Waals surface area contributed by atoms with E-state index < -0.39 is 0 Å². The zero-order chi connectivity index (χ0) is 20.0. The van der Waals surface area contributed by atoms with E-state index in [-0.39, 0.29) is 17.2 Å². The number of benzene rings is 1. The van der Waals surface area contributed by atoms with Crippen molar-refractivity contribution < 1.29 is 9.21 Å². The van der Waals surface area contributed by atoms with Crippen molar-refractivity contribution in [3.8, 4) is 0 Å². The second-order valence-corrected chi connectivity index (χ2v) is 7.78. The Balaban J connectivity index is 1.20. The quantitative estimate of drug-likeness (QED) is 0.716. The minimum Gasteiger partial charge on any atom is -0.408 e. The number of hydrogen-bond acceptors (Lipinski definition) is 5. The number of hydrogen-bond donors (Lipinski definition) is 1. The summed E-state index contributed by atoms with van der Waals surface area (Å²) in [7, 11) is 0. The molecule has 2 aliphatic heterocycles. The van der Waals surface area contributed by atoms with Crippen molar-refractivity contribution in [2.24, 2.45) is 5.92 Å². The van der Waals surface area contributed by atoms with Crippen LogP contribution < -0.4 is 11.3 Å². The summed E-state index contributed by atoms with van der Waals surface area (Å²) in [6, 6.07) is 12.6. The Kier molecular flexibility index (Phi) is 4.35. The molecule has 0 radical (unpaired) electrons. The SMILES string of the molecule is O=C(c1cccc(=O)[nH]1)N1CCC2C(C1)CN2CCn1c(=O)oc2ccccc21. The number of carbonyl (C=O) groups excluding carboxylic acids is 1. The third-order valence-corrected chi connectivity index (χ3v) is 6.10. The topological polar surface area (TPSA) is 91.5 Å². The number of oxazole rings is 1. The molecule has 150 valence electrons. The molecule has 0 aliphatic carbocycles. The molecule has 0 spiro atoms. The van der Waals surface area contributed by atoms with E-state index in [1.54, 1.807) is 22.8 Å². The van der Waals surface area contributed by atoms with Gasteiger partial charge in [-0.25, -0.2) is 4.79 Å². The van der Waals surface area contributed by atoms with Crippen molar-refractivity contribution in [1.82, 2.24) is 19.4 Å². The number of carbonyl (C=O) groups is 1. The highest BCUT2D eigenvalue weighted by molar-refractivity contribution is 5.92. The van der Waals surface area contributed by atoms with Crippen molar-refractivity contribution in [2.75, 3.05) is 26.2 Å². The number of nitrogens with one attached hydrogen (secondary N) is 1. The first-order valence-electron chi connectivity index (χ1n) is 9.91. The third-order valence-electron chi connectivity index (χ3n) is 6.10. The van der Waals surface area contributed by atoms with E-state index in [1.165, 1.54) is 6.07 Å². The minimum atomic E-state index is -0.319. The van der Waals surface area contributed by atoms with Crippen LogP contribution in [0.25, 0.3) is 11.1 Å². The van der Waals surface area contributed by atoms with Crippen LogP contribution in [0, 0.1) is 5.92 Å². The summed E-state index contributed by atoms with van der Waals surface area (Å²) in [6.07, 6.45) is 0.897. The van der Waals surface area contributed by atoms with Crippen LogP contribution in [0.1, 0.15) is 16.9 Å². The number of amides is 1. The van der Waals surface area contributed by atoms with Crippen molar-refractivity contribution in [1.29, 1.82) is 0 Å². The van der Waals surface area contributed by atoms with E-state index in [2.05, 4.69) is 9.88 Å². The zero-order valence-corrected chi connectivity index (χ0v) is 15.9. The van der Waals surface area contributed by atoms with Crippen molar-refractivity contribution in [3.63, 3.8) is 0 Å². The lowest BCUT2D eigenvalue weighted by molar-refractivity contribution is -0.0384. The number of nitrogens with zero attached hydrogens (tertiary/aromatic N) is 3. The molecule has 2 unspecified atom stereocenters. The van der Waals surface area contributed by atoms with Crippen LogP contribution >= 0.6 is 0 Å². The average molecular weight is 394 g/mol. The van der Waals surface area contributed by atoms with Crippen LogP contribution in [0.4, 0.5) is 0 Å². The van der Waals surface area contributed by atoms with Gasteiger partial charge in [0.05, 0.1) is 5.52 Å².